The highest BCUT2D eigenvalue weighted by atomic mass is 32.2. The molecule has 0 saturated carbocycles. The molecule has 3 aromatic rings. The maximum absolute atomic E-state index is 11.6. The van der Waals surface area contributed by atoms with Crippen LogP contribution in [0, 0.1) is 0 Å². The molecule has 1 aromatic carbocycles. The van der Waals surface area contributed by atoms with E-state index in [2.05, 4.69) is 15.4 Å². The Morgan fingerprint density at radius 2 is 1.77 bits per heavy atom. The molecule has 0 radical (unpaired) electrons. The van der Waals surface area contributed by atoms with Crippen molar-refractivity contribution in [3.05, 3.63) is 54.5 Å². The molecule has 8 heteroatoms. The van der Waals surface area contributed by atoms with Gasteiger partial charge in [0, 0.05) is 24.7 Å². The minimum atomic E-state index is -3.11. The molecule has 0 unspecified atom stereocenters. The zero-order valence-corrected chi connectivity index (χ0v) is 15.4. The topological polar surface area (TPSA) is 79.6 Å². The molecule has 0 atom stereocenters. The van der Waals surface area contributed by atoms with Gasteiger partial charge in [0.2, 0.25) is 10.0 Å². The third-order valence-electron chi connectivity index (χ3n) is 4.70. The zero-order chi connectivity index (χ0) is 18.1. The fourth-order valence-corrected chi connectivity index (χ4v) is 4.16. The summed E-state index contributed by atoms with van der Waals surface area (Å²) < 4.78 is 26.6. The van der Waals surface area contributed by atoms with Crippen LogP contribution in [0.3, 0.4) is 0 Å². The molecule has 1 saturated heterocycles. The highest BCUT2D eigenvalue weighted by Gasteiger charge is 2.28. The van der Waals surface area contributed by atoms with Gasteiger partial charge in [0.05, 0.1) is 18.1 Å². The van der Waals surface area contributed by atoms with Gasteiger partial charge in [-0.25, -0.2) is 22.2 Å². The fourth-order valence-electron chi connectivity index (χ4n) is 3.28. The van der Waals surface area contributed by atoms with Gasteiger partial charge in [-0.15, -0.1) is 0 Å². The molecule has 26 heavy (non-hydrogen) atoms. The largest absolute Gasteiger partial charge is 0.354 e. The molecule has 136 valence electrons. The minimum Gasteiger partial charge on any atom is -0.354 e. The summed E-state index contributed by atoms with van der Waals surface area (Å²) in [6.07, 6.45) is 4.68. The number of nitrogens with zero attached hydrogens (tertiary/aromatic N) is 4. The Kier molecular flexibility index (Phi) is 4.37. The van der Waals surface area contributed by atoms with Gasteiger partial charge in [-0.05, 0) is 37.1 Å². The predicted octanol–water partition coefficient (Wildman–Crippen LogP) is 2.61. The molecule has 0 aliphatic carbocycles. The smallest absolute Gasteiger partial charge is 0.211 e. The number of rotatable bonds is 4. The van der Waals surface area contributed by atoms with Crippen LogP contribution in [0.25, 0.3) is 5.65 Å². The van der Waals surface area contributed by atoms with Crippen LogP contribution >= 0.6 is 0 Å². The minimum absolute atomic E-state index is 0.193. The first-order chi connectivity index (χ1) is 12.5. The second-order valence-corrected chi connectivity index (χ2v) is 8.60. The SMILES string of the molecule is CS(=O)(=O)N1CCC(c2nc3ccc(Nc4ccccc4)cn3n2)CC1. The van der Waals surface area contributed by atoms with Crippen molar-refractivity contribution in [3.63, 3.8) is 0 Å². The van der Waals surface area contributed by atoms with E-state index in [1.54, 1.807) is 4.52 Å². The van der Waals surface area contributed by atoms with Crippen molar-refractivity contribution < 1.29 is 8.42 Å². The van der Waals surface area contributed by atoms with E-state index in [9.17, 15) is 8.42 Å². The summed E-state index contributed by atoms with van der Waals surface area (Å²) >= 11 is 0. The van der Waals surface area contributed by atoms with E-state index in [0.717, 1.165) is 35.7 Å². The number of nitrogens with one attached hydrogen (secondary N) is 1. The first kappa shape index (κ1) is 17.0. The van der Waals surface area contributed by atoms with E-state index in [1.165, 1.54) is 10.6 Å². The summed E-state index contributed by atoms with van der Waals surface area (Å²) in [5.74, 6) is 0.980. The molecule has 1 aliphatic heterocycles. The van der Waals surface area contributed by atoms with Crippen molar-refractivity contribution in [1.29, 1.82) is 0 Å². The molecule has 0 amide bonds. The zero-order valence-electron chi connectivity index (χ0n) is 14.5. The lowest BCUT2D eigenvalue weighted by Crippen LogP contribution is -2.37. The van der Waals surface area contributed by atoms with E-state index in [-0.39, 0.29) is 5.92 Å². The normalized spacial score (nSPS) is 16.8. The summed E-state index contributed by atoms with van der Waals surface area (Å²) in [6, 6.07) is 13.9. The van der Waals surface area contributed by atoms with E-state index >= 15 is 0 Å². The average Bonchev–Trinajstić information content (AvgIpc) is 3.05. The molecule has 0 spiro atoms. The second-order valence-electron chi connectivity index (χ2n) is 6.62. The first-order valence-corrected chi connectivity index (χ1v) is 10.5. The van der Waals surface area contributed by atoms with Gasteiger partial charge in [-0.2, -0.15) is 5.10 Å². The van der Waals surface area contributed by atoms with E-state index in [0.29, 0.717) is 13.1 Å². The van der Waals surface area contributed by atoms with Gasteiger partial charge in [0.25, 0.3) is 0 Å². The highest BCUT2D eigenvalue weighted by Crippen LogP contribution is 2.27. The number of hydrogen-bond acceptors (Lipinski definition) is 5. The lowest BCUT2D eigenvalue weighted by molar-refractivity contribution is 0.315. The van der Waals surface area contributed by atoms with Crippen LogP contribution in [0.15, 0.2) is 48.7 Å². The molecule has 2 aromatic heterocycles. The Labute approximate surface area is 152 Å². The number of fused-ring (bicyclic) bond motifs is 1. The van der Waals surface area contributed by atoms with E-state index in [1.807, 2.05) is 48.7 Å². The Bertz CT molecular complexity index is 1010. The molecule has 0 bridgehead atoms. The standard InChI is InChI=1S/C18H21N5O2S/c1-26(24,25)22-11-9-14(10-12-22)18-20-17-8-7-16(13-23(17)21-18)19-15-5-3-2-4-6-15/h2-8,13-14,19H,9-12H2,1H3. The number of sulfonamides is 1. The van der Waals surface area contributed by atoms with Crippen LogP contribution in [0.2, 0.25) is 0 Å². The summed E-state index contributed by atoms with van der Waals surface area (Å²) in [7, 11) is -3.11. The number of hydrogen-bond donors (Lipinski definition) is 1. The number of benzene rings is 1. The van der Waals surface area contributed by atoms with E-state index < -0.39 is 10.0 Å². The third kappa shape index (κ3) is 3.56. The van der Waals surface area contributed by atoms with Crippen LogP contribution in [0.1, 0.15) is 24.6 Å². The number of para-hydroxylation sites is 1. The van der Waals surface area contributed by atoms with Crippen molar-refractivity contribution in [1.82, 2.24) is 18.9 Å². The molecule has 1 N–H and O–H groups in total. The number of anilines is 2. The molecule has 1 fully saturated rings. The summed E-state index contributed by atoms with van der Waals surface area (Å²) in [4.78, 5) is 4.63. The quantitative estimate of drug-likeness (QED) is 0.763. The predicted molar refractivity (Wildman–Crippen MR) is 101 cm³/mol. The molecule has 1 aliphatic rings. The lowest BCUT2D eigenvalue weighted by Gasteiger charge is -2.28. The van der Waals surface area contributed by atoms with Crippen LogP contribution < -0.4 is 5.32 Å². The van der Waals surface area contributed by atoms with Gasteiger partial charge in [-0.3, -0.25) is 0 Å². The average molecular weight is 371 g/mol. The van der Waals surface area contributed by atoms with Gasteiger partial charge in [-0.1, -0.05) is 18.2 Å². The maximum Gasteiger partial charge on any atom is 0.211 e. The molecule has 4 rings (SSSR count). The molecule has 7 nitrogen and oxygen atoms in total. The monoisotopic (exact) mass is 371 g/mol. The Balaban J connectivity index is 1.51. The van der Waals surface area contributed by atoms with Gasteiger partial charge in [0.1, 0.15) is 0 Å². The molecular weight excluding hydrogens is 350 g/mol. The van der Waals surface area contributed by atoms with Crippen molar-refractivity contribution in [3.8, 4) is 0 Å². The Morgan fingerprint density at radius 3 is 2.46 bits per heavy atom. The first-order valence-electron chi connectivity index (χ1n) is 8.62. The van der Waals surface area contributed by atoms with Crippen LogP contribution in [-0.4, -0.2) is 46.7 Å². The molecule has 3 heterocycles. The van der Waals surface area contributed by atoms with Crippen LogP contribution in [0.4, 0.5) is 11.4 Å². The summed E-state index contributed by atoms with van der Waals surface area (Å²) in [5.41, 5.74) is 2.75. The third-order valence-corrected chi connectivity index (χ3v) is 6.00. The number of pyridine rings is 1. The number of piperidine rings is 1. The Morgan fingerprint density at radius 1 is 1.04 bits per heavy atom. The van der Waals surface area contributed by atoms with Crippen molar-refractivity contribution in [2.75, 3.05) is 24.7 Å². The maximum atomic E-state index is 11.6. The van der Waals surface area contributed by atoms with Crippen LogP contribution in [-0.2, 0) is 10.0 Å². The highest BCUT2D eigenvalue weighted by molar-refractivity contribution is 7.88. The summed E-state index contributed by atoms with van der Waals surface area (Å²) in [6.45, 7) is 1.06. The fraction of sp³-hybridized carbons (Fsp3) is 0.333. The summed E-state index contributed by atoms with van der Waals surface area (Å²) in [5, 5.41) is 7.97. The van der Waals surface area contributed by atoms with Gasteiger partial charge >= 0.3 is 0 Å². The molecular formula is C18H21N5O2S. The van der Waals surface area contributed by atoms with Crippen molar-refractivity contribution in [2.24, 2.45) is 0 Å². The van der Waals surface area contributed by atoms with Crippen LogP contribution in [0.5, 0.6) is 0 Å². The van der Waals surface area contributed by atoms with Crippen molar-refractivity contribution in [2.45, 2.75) is 18.8 Å². The Hall–Kier alpha value is -2.45. The van der Waals surface area contributed by atoms with Crippen molar-refractivity contribution >= 4 is 27.0 Å². The van der Waals surface area contributed by atoms with Gasteiger partial charge < -0.3 is 5.32 Å². The lowest BCUT2D eigenvalue weighted by atomic mass is 9.98. The van der Waals surface area contributed by atoms with Gasteiger partial charge in [0.15, 0.2) is 11.5 Å². The number of aromatic nitrogens is 3. The van der Waals surface area contributed by atoms with E-state index in [4.69, 9.17) is 0 Å². The second kappa shape index (κ2) is 6.69.